The summed E-state index contributed by atoms with van der Waals surface area (Å²) in [7, 11) is 0. The zero-order valence-corrected chi connectivity index (χ0v) is 9.18. The third kappa shape index (κ3) is 6.48. The Morgan fingerprint density at radius 3 is 2.14 bits per heavy atom. The zero-order valence-electron chi connectivity index (χ0n) is 9.18. The van der Waals surface area contributed by atoms with Crippen LogP contribution < -0.4 is 11.1 Å². The maximum Gasteiger partial charge on any atom is 0.217 e. The van der Waals surface area contributed by atoms with E-state index in [4.69, 9.17) is 0 Å². The van der Waals surface area contributed by atoms with Gasteiger partial charge in [-0.15, -0.1) is 0 Å². The van der Waals surface area contributed by atoms with E-state index < -0.39 is 0 Å². The van der Waals surface area contributed by atoms with Crippen LogP contribution in [0.1, 0.15) is 20.3 Å². The molecule has 1 heterocycles. The highest BCUT2D eigenvalue weighted by Gasteiger charge is 2.06. The summed E-state index contributed by atoms with van der Waals surface area (Å²) in [5.41, 5.74) is 5.84. The minimum Gasteiger partial charge on any atom is -0.373 e. The number of nitrogens with two attached hydrogens (primary N) is 1. The Bertz CT molecular complexity index is 186. The number of nitrogens with one attached hydrogen (secondary N) is 1. The number of hydrogen-bond donors (Lipinski definition) is 2. The molecule has 0 spiro atoms. The first kappa shape index (κ1) is 13.0. The SMILES string of the molecule is C=C(C)N1CCNCC1.CCC(N)=O. The van der Waals surface area contributed by atoms with E-state index in [1.165, 1.54) is 5.70 Å². The minimum absolute atomic E-state index is 0.245. The molecule has 0 bridgehead atoms. The molecule has 0 unspecified atom stereocenters. The molecule has 0 radical (unpaired) electrons. The predicted octanol–water partition coefficient (Wildman–Crippen LogP) is 0.307. The average Bonchev–Trinajstić information content (AvgIpc) is 2.20. The molecule has 4 nitrogen and oxygen atoms in total. The normalized spacial score (nSPS) is 15.4. The first-order valence-electron chi connectivity index (χ1n) is 4.97. The number of carbonyl (C=O) groups excluding carboxylic acids is 1. The highest BCUT2D eigenvalue weighted by Crippen LogP contribution is 1.99. The van der Waals surface area contributed by atoms with Crippen LogP contribution in [0, 0.1) is 0 Å². The van der Waals surface area contributed by atoms with Crippen molar-refractivity contribution in [2.75, 3.05) is 26.2 Å². The Labute approximate surface area is 86.1 Å². The van der Waals surface area contributed by atoms with Crippen molar-refractivity contribution < 1.29 is 4.79 Å². The van der Waals surface area contributed by atoms with Crippen LogP contribution in [0.25, 0.3) is 0 Å². The van der Waals surface area contributed by atoms with Crippen LogP contribution in [0.5, 0.6) is 0 Å². The number of nitrogens with zero attached hydrogens (tertiary/aromatic N) is 1. The standard InChI is InChI=1S/C7H14N2.C3H7NO/c1-7(2)9-5-3-8-4-6-9;1-2-3(4)5/h8H,1,3-6H2,2H3;2H2,1H3,(H2,4,5). The average molecular weight is 199 g/mol. The molecule has 1 saturated heterocycles. The van der Waals surface area contributed by atoms with Gasteiger partial charge in [-0.2, -0.15) is 0 Å². The summed E-state index contributed by atoms with van der Waals surface area (Å²) in [6, 6.07) is 0. The summed E-state index contributed by atoms with van der Waals surface area (Å²) in [5, 5.41) is 3.29. The maximum atomic E-state index is 9.59. The Morgan fingerprint density at radius 1 is 1.50 bits per heavy atom. The molecule has 14 heavy (non-hydrogen) atoms. The summed E-state index contributed by atoms with van der Waals surface area (Å²) in [4.78, 5) is 11.9. The zero-order chi connectivity index (χ0) is 11.0. The molecule has 1 fully saturated rings. The van der Waals surface area contributed by atoms with Gasteiger partial charge in [0.15, 0.2) is 0 Å². The molecule has 0 atom stereocenters. The number of amides is 1. The van der Waals surface area contributed by atoms with Crippen LogP contribution in [0.3, 0.4) is 0 Å². The molecule has 0 aromatic carbocycles. The summed E-state index contributed by atoms with van der Waals surface area (Å²) >= 11 is 0. The van der Waals surface area contributed by atoms with Crippen LogP contribution in [-0.2, 0) is 4.79 Å². The first-order valence-corrected chi connectivity index (χ1v) is 4.97. The van der Waals surface area contributed by atoms with E-state index in [1.807, 2.05) is 0 Å². The second kappa shape index (κ2) is 7.38. The first-order chi connectivity index (χ1) is 6.57. The fourth-order valence-corrected chi connectivity index (χ4v) is 1.05. The number of primary amides is 1. The Morgan fingerprint density at radius 2 is 1.93 bits per heavy atom. The second-order valence-corrected chi connectivity index (χ2v) is 3.29. The molecule has 1 amide bonds. The predicted molar refractivity (Wildman–Crippen MR) is 58.7 cm³/mol. The van der Waals surface area contributed by atoms with Crippen LogP contribution >= 0.6 is 0 Å². The lowest BCUT2D eigenvalue weighted by molar-refractivity contribution is -0.117. The third-order valence-corrected chi connectivity index (χ3v) is 2.01. The molecule has 1 aliphatic heterocycles. The molecular weight excluding hydrogens is 178 g/mol. The number of carbonyl (C=O) groups is 1. The van der Waals surface area contributed by atoms with E-state index in [0.29, 0.717) is 6.42 Å². The molecule has 4 heteroatoms. The van der Waals surface area contributed by atoms with Gasteiger partial charge >= 0.3 is 0 Å². The molecule has 0 aliphatic carbocycles. The maximum absolute atomic E-state index is 9.59. The van der Waals surface area contributed by atoms with Crippen LogP contribution in [0.4, 0.5) is 0 Å². The minimum atomic E-state index is -0.245. The van der Waals surface area contributed by atoms with E-state index in [2.05, 4.69) is 29.5 Å². The van der Waals surface area contributed by atoms with Gasteiger partial charge in [-0.05, 0) is 6.92 Å². The van der Waals surface area contributed by atoms with Crippen molar-refractivity contribution >= 4 is 5.91 Å². The molecule has 0 saturated carbocycles. The molecule has 0 aromatic heterocycles. The van der Waals surface area contributed by atoms with E-state index in [0.717, 1.165) is 26.2 Å². The van der Waals surface area contributed by atoms with Gasteiger partial charge in [0.25, 0.3) is 0 Å². The highest BCUT2D eigenvalue weighted by molar-refractivity contribution is 5.73. The lowest BCUT2D eigenvalue weighted by Gasteiger charge is -2.29. The highest BCUT2D eigenvalue weighted by atomic mass is 16.1. The molecule has 1 rings (SSSR count). The van der Waals surface area contributed by atoms with E-state index >= 15 is 0 Å². The number of allylic oxidation sites excluding steroid dienone is 1. The van der Waals surface area contributed by atoms with Crippen molar-refractivity contribution in [3.05, 3.63) is 12.3 Å². The quantitative estimate of drug-likeness (QED) is 0.673. The summed E-state index contributed by atoms with van der Waals surface area (Å²) in [6.45, 7) is 12.1. The smallest absolute Gasteiger partial charge is 0.217 e. The van der Waals surface area contributed by atoms with Crippen LogP contribution in [0.2, 0.25) is 0 Å². The van der Waals surface area contributed by atoms with Crippen molar-refractivity contribution in [2.45, 2.75) is 20.3 Å². The van der Waals surface area contributed by atoms with Crippen LogP contribution in [-0.4, -0.2) is 37.0 Å². The lowest BCUT2D eigenvalue weighted by Crippen LogP contribution is -2.42. The largest absolute Gasteiger partial charge is 0.373 e. The third-order valence-electron chi connectivity index (χ3n) is 2.01. The van der Waals surface area contributed by atoms with E-state index in [-0.39, 0.29) is 5.91 Å². The van der Waals surface area contributed by atoms with Crippen molar-refractivity contribution in [3.63, 3.8) is 0 Å². The Hall–Kier alpha value is -1.03. The molecule has 3 N–H and O–H groups in total. The topological polar surface area (TPSA) is 58.4 Å². The monoisotopic (exact) mass is 199 g/mol. The fraction of sp³-hybridized carbons (Fsp3) is 0.700. The van der Waals surface area contributed by atoms with E-state index in [1.54, 1.807) is 6.92 Å². The van der Waals surface area contributed by atoms with Gasteiger partial charge in [-0.25, -0.2) is 0 Å². The molecule has 0 aromatic rings. The van der Waals surface area contributed by atoms with Crippen LogP contribution in [0.15, 0.2) is 12.3 Å². The molecular formula is C10H21N3O. The Balaban J connectivity index is 0.000000292. The summed E-state index contributed by atoms with van der Waals surface area (Å²) in [5.74, 6) is -0.245. The molecule has 1 aliphatic rings. The Kier molecular flexibility index (Phi) is 6.84. The molecule has 82 valence electrons. The number of piperazine rings is 1. The lowest BCUT2D eigenvalue weighted by atomic mass is 10.3. The van der Waals surface area contributed by atoms with Gasteiger partial charge in [0.2, 0.25) is 5.91 Å². The van der Waals surface area contributed by atoms with Gasteiger partial charge in [0, 0.05) is 38.3 Å². The fourth-order valence-electron chi connectivity index (χ4n) is 1.05. The van der Waals surface area contributed by atoms with E-state index in [9.17, 15) is 4.79 Å². The summed E-state index contributed by atoms with van der Waals surface area (Å²) in [6.07, 6.45) is 0.444. The second-order valence-electron chi connectivity index (χ2n) is 3.29. The van der Waals surface area contributed by atoms with Gasteiger partial charge in [-0.1, -0.05) is 13.5 Å². The van der Waals surface area contributed by atoms with Crippen molar-refractivity contribution in [2.24, 2.45) is 5.73 Å². The van der Waals surface area contributed by atoms with Gasteiger partial charge in [-0.3, -0.25) is 4.79 Å². The van der Waals surface area contributed by atoms with Gasteiger partial charge in [0.1, 0.15) is 0 Å². The summed E-state index contributed by atoms with van der Waals surface area (Å²) < 4.78 is 0. The number of hydrogen-bond acceptors (Lipinski definition) is 3. The van der Waals surface area contributed by atoms with Crippen molar-refractivity contribution in [1.82, 2.24) is 10.2 Å². The van der Waals surface area contributed by atoms with Gasteiger partial charge in [0.05, 0.1) is 0 Å². The number of rotatable bonds is 2. The van der Waals surface area contributed by atoms with Gasteiger partial charge < -0.3 is 16.0 Å². The van der Waals surface area contributed by atoms with Crippen molar-refractivity contribution in [1.29, 1.82) is 0 Å². The van der Waals surface area contributed by atoms with Crippen molar-refractivity contribution in [3.8, 4) is 0 Å².